The number of hydrogen-bond donors (Lipinski definition) is 1. The van der Waals surface area contributed by atoms with Gasteiger partial charge in [-0.2, -0.15) is 0 Å². The zero-order valence-corrected chi connectivity index (χ0v) is 14.6. The molecule has 128 valence electrons. The lowest BCUT2D eigenvalue weighted by Crippen LogP contribution is -2.32. The van der Waals surface area contributed by atoms with Crippen LogP contribution >= 0.6 is 11.8 Å². The number of nitrogens with zero attached hydrogens (tertiary/aromatic N) is 3. The summed E-state index contributed by atoms with van der Waals surface area (Å²) in [5.74, 6) is -0.172. The number of carbonyl (C=O) groups excluding carboxylic acids is 1. The predicted molar refractivity (Wildman–Crippen MR) is 94.9 cm³/mol. The van der Waals surface area contributed by atoms with Crippen LogP contribution in [0, 0.1) is 5.82 Å². The molecule has 1 aromatic carbocycles. The first kappa shape index (κ1) is 17.2. The molecule has 5 nitrogen and oxygen atoms in total. The summed E-state index contributed by atoms with van der Waals surface area (Å²) < 4.78 is 16.1. The molecule has 2 heterocycles. The van der Waals surface area contributed by atoms with Crippen LogP contribution in [-0.4, -0.2) is 26.7 Å². The van der Waals surface area contributed by atoms with Gasteiger partial charge in [0.05, 0.1) is 5.56 Å². The van der Waals surface area contributed by atoms with E-state index in [1.54, 1.807) is 60.5 Å². The van der Waals surface area contributed by atoms with Gasteiger partial charge in [-0.3, -0.25) is 4.79 Å². The van der Waals surface area contributed by atoms with Crippen molar-refractivity contribution in [1.82, 2.24) is 19.9 Å². The van der Waals surface area contributed by atoms with Crippen LogP contribution in [0.4, 0.5) is 4.39 Å². The molecule has 1 amide bonds. The molecule has 0 aliphatic carbocycles. The van der Waals surface area contributed by atoms with Gasteiger partial charge in [-0.1, -0.05) is 18.2 Å². The van der Waals surface area contributed by atoms with Crippen LogP contribution in [0.3, 0.4) is 0 Å². The van der Waals surface area contributed by atoms with Crippen LogP contribution in [0.15, 0.2) is 60.0 Å². The van der Waals surface area contributed by atoms with E-state index < -0.39 is 11.9 Å². The molecule has 1 N–H and O–H groups in total. The van der Waals surface area contributed by atoms with Gasteiger partial charge in [-0.15, -0.1) is 11.8 Å². The summed E-state index contributed by atoms with van der Waals surface area (Å²) in [5, 5.41) is 3.51. The van der Waals surface area contributed by atoms with Crippen LogP contribution in [0.5, 0.6) is 0 Å². The predicted octanol–water partition coefficient (Wildman–Crippen LogP) is 3.20. The number of aryl methyl sites for hydroxylation is 1. The lowest BCUT2D eigenvalue weighted by Gasteiger charge is -2.20. The Labute approximate surface area is 149 Å². The van der Waals surface area contributed by atoms with E-state index in [2.05, 4.69) is 15.3 Å². The zero-order chi connectivity index (χ0) is 17.8. The van der Waals surface area contributed by atoms with Gasteiger partial charge in [0.25, 0.3) is 5.91 Å². The molecule has 2 aromatic heterocycles. The first-order valence-corrected chi connectivity index (χ1v) is 8.85. The molecule has 0 fully saturated rings. The lowest BCUT2D eigenvalue weighted by molar-refractivity contribution is 0.0937. The highest BCUT2D eigenvalue weighted by atomic mass is 32.2. The Kier molecular flexibility index (Phi) is 5.14. The van der Waals surface area contributed by atoms with Gasteiger partial charge >= 0.3 is 0 Å². The number of nitrogens with one attached hydrogen (secondary N) is 1. The average Bonchev–Trinajstić information content (AvgIpc) is 3.06. The normalized spacial score (nSPS) is 12.0. The van der Waals surface area contributed by atoms with Crippen molar-refractivity contribution in [2.24, 2.45) is 7.05 Å². The highest BCUT2D eigenvalue weighted by molar-refractivity contribution is 7.98. The van der Waals surface area contributed by atoms with Crippen molar-refractivity contribution in [1.29, 1.82) is 0 Å². The van der Waals surface area contributed by atoms with Crippen molar-refractivity contribution in [2.45, 2.75) is 11.1 Å². The van der Waals surface area contributed by atoms with E-state index in [0.717, 1.165) is 0 Å². The van der Waals surface area contributed by atoms with E-state index in [9.17, 15) is 9.18 Å². The maximum absolute atomic E-state index is 14.4. The zero-order valence-electron chi connectivity index (χ0n) is 13.8. The fourth-order valence-electron chi connectivity index (χ4n) is 2.58. The van der Waals surface area contributed by atoms with Gasteiger partial charge in [0, 0.05) is 31.2 Å². The minimum atomic E-state index is -0.705. The second kappa shape index (κ2) is 7.48. The third-order valence-electron chi connectivity index (χ3n) is 3.82. The van der Waals surface area contributed by atoms with Crippen LogP contribution in [-0.2, 0) is 7.05 Å². The maximum atomic E-state index is 14.4. The molecular formula is C18H17FN4OS. The number of halogens is 1. The van der Waals surface area contributed by atoms with Crippen LogP contribution in [0.2, 0.25) is 0 Å². The van der Waals surface area contributed by atoms with E-state index in [1.165, 1.54) is 17.8 Å². The van der Waals surface area contributed by atoms with Crippen molar-refractivity contribution in [2.75, 3.05) is 6.26 Å². The molecular weight excluding hydrogens is 339 g/mol. The summed E-state index contributed by atoms with van der Waals surface area (Å²) in [4.78, 5) is 21.3. The average molecular weight is 356 g/mol. The number of imidazole rings is 1. The first-order chi connectivity index (χ1) is 12.1. The summed E-state index contributed by atoms with van der Waals surface area (Å²) in [6.45, 7) is 0. The lowest BCUT2D eigenvalue weighted by atomic mass is 10.0. The second-order valence-electron chi connectivity index (χ2n) is 5.38. The maximum Gasteiger partial charge on any atom is 0.254 e. The number of carbonyl (C=O) groups is 1. The highest BCUT2D eigenvalue weighted by Gasteiger charge is 2.25. The third-order valence-corrected chi connectivity index (χ3v) is 4.53. The van der Waals surface area contributed by atoms with Crippen molar-refractivity contribution in [3.8, 4) is 0 Å². The smallest absolute Gasteiger partial charge is 0.254 e. The molecule has 0 saturated heterocycles. The Morgan fingerprint density at radius 1 is 1.20 bits per heavy atom. The summed E-state index contributed by atoms with van der Waals surface area (Å²) in [7, 11) is 1.81. The Balaban J connectivity index is 2.00. The van der Waals surface area contributed by atoms with Gasteiger partial charge in [0.2, 0.25) is 0 Å². The fraction of sp³-hybridized carbons (Fsp3) is 0.167. The number of hydrogen-bond acceptors (Lipinski definition) is 4. The molecule has 25 heavy (non-hydrogen) atoms. The van der Waals surface area contributed by atoms with Gasteiger partial charge in [-0.25, -0.2) is 14.4 Å². The summed E-state index contributed by atoms with van der Waals surface area (Å²) in [5.41, 5.74) is 0.810. The fourth-order valence-corrected chi connectivity index (χ4v) is 3.13. The molecule has 0 saturated carbocycles. The van der Waals surface area contributed by atoms with E-state index in [4.69, 9.17) is 0 Å². The Morgan fingerprint density at radius 3 is 2.68 bits per heavy atom. The molecule has 1 unspecified atom stereocenters. The number of amides is 1. The molecule has 0 spiro atoms. The molecule has 0 bridgehead atoms. The summed E-state index contributed by atoms with van der Waals surface area (Å²) in [6, 6.07) is 9.06. The molecule has 3 rings (SSSR count). The Hall–Kier alpha value is -2.67. The largest absolute Gasteiger partial charge is 0.338 e. The monoisotopic (exact) mass is 356 g/mol. The molecule has 7 heteroatoms. The first-order valence-electron chi connectivity index (χ1n) is 7.63. The quantitative estimate of drug-likeness (QED) is 0.713. The summed E-state index contributed by atoms with van der Waals surface area (Å²) in [6.07, 6.45) is 6.86. The Bertz CT molecular complexity index is 896. The minimum absolute atomic E-state index is 0.325. The van der Waals surface area contributed by atoms with E-state index in [1.807, 2.05) is 6.26 Å². The van der Waals surface area contributed by atoms with Crippen LogP contribution < -0.4 is 5.32 Å². The topological polar surface area (TPSA) is 59.8 Å². The van der Waals surface area contributed by atoms with Crippen molar-refractivity contribution in [3.05, 3.63) is 77.8 Å². The van der Waals surface area contributed by atoms with E-state index in [-0.39, 0.29) is 5.91 Å². The van der Waals surface area contributed by atoms with E-state index >= 15 is 0 Å². The molecule has 0 radical (unpaired) electrons. The van der Waals surface area contributed by atoms with Crippen molar-refractivity contribution in [3.63, 3.8) is 0 Å². The third kappa shape index (κ3) is 3.56. The molecule has 3 aromatic rings. The standard InChI is InChI=1S/C18H17FN4OS/c1-23-11-10-20-16(23)15(12-6-3-4-8-14(12)19)22-17(24)13-7-5-9-21-18(13)25-2/h3-11,15H,1-2H3,(H,22,24). The van der Waals surface area contributed by atoms with Crippen molar-refractivity contribution >= 4 is 17.7 Å². The number of benzene rings is 1. The number of pyridine rings is 1. The SMILES string of the molecule is CSc1ncccc1C(=O)NC(c1ccccc1F)c1nccn1C. The molecule has 0 aliphatic rings. The highest BCUT2D eigenvalue weighted by Crippen LogP contribution is 2.25. The second-order valence-corrected chi connectivity index (χ2v) is 6.18. The minimum Gasteiger partial charge on any atom is -0.338 e. The van der Waals surface area contributed by atoms with Crippen molar-refractivity contribution < 1.29 is 9.18 Å². The number of thioether (sulfide) groups is 1. The van der Waals surface area contributed by atoms with Crippen LogP contribution in [0.1, 0.15) is 27.8 Å². The number of rotatable bonds is 5. The summed E-state index contributed by atoms with van der Waals surface area (Å²) >= 11 is 1.38. The van der Waals surface area contributed by atoms with E-state index in [0.29, 0.717) is 22.0 Å². The molecule has 0 aliphatic heterocycles. The molecule has 1 atom stereocenters. The van der Waals surface area contributed by atoms with Gasteiger partial charge in [0.1, 0.15) is 22.7 Å². The van der Waals surface area contributed by atoms with Crippen LogP contribution in [0.25, 0.3) is 0 Å². The van der Waals surface area contributed by atoms with Gasteiger partial charge in [-0.05, 0) is 24.5 Å². The van der Waals surface area contributed by atoms with Gasteiger partial charge in [0.15, 0.2) is 0 Å². The van der Waals surface area contributed by atoms with Gasteiger partial charge < -0.3 is 9.88 Å². The number of aromatic nitrogens is 3. The Morgan fingerprint density at radius 2 is 2.00 bits per heavy atom.